The molecule has 3 aliphatic rings. The van der Waals surface area contributed by atoms with Gasteiger partial charge in [0.05, 0.1) is 12.7 Å². The summed E-state index contributed by atoms with van der Waals surface area (Å²) in [5.41, 5.74) is 2.16. The number of hydrogen-bond acceptors (Lipinski definition) is 6. The van der Waals surface area contributed by atoms with Gasteiger partial charge >= 0.3 is 12.2 Å². The Kier molecular flexibility index (Phi) is 7.38. The number of piperidine rings is 1. The van der Waals surface area contributed by atoms with E-state index in [1.54, 1.807) is 19.2 Å². The van der Waals surface area contributed by atoms with Gasteiger partial charge in [-0.3, -0.25) is 4.79 Å². The van der Waals surface area contributed by atoms with E-state index in [1.165, 1.54) is 17.3 Å². The number of benzene rings is 2. The number of nitrogens with zero attached hydrogens (tertiary/aromatic N) is 5. The second kappa shape index (κ2) is 11.1. The van der Waals surface area contributed by atoms with Gasteiger partial charge in [-0.1, -0.05) is 12.1 Å². The molecule has 42 heavy (non-hydrogen) atoms. The van der Waals surface area contributed by atoms with E-state index in [9.17, 15) is 22.8 Å². The van der Waals surface area contributed by atoms with E-state index in [0.29, 0.717) is 31.0 Å². The van der Waals surface area contributed by atoms with Crippen LogP contribution in [0.15, 0.2) is 48.8 Å². The van der Waals surface area contributed by atoms with Crippen molar-refractivity contribution in [2.75, 3.05) is 43.5 Å². The van der Waals surface area contributed by atoms with Crippen LogP contribution in [-0.4, -0.2) is 71.0 Å². The van der Waals surface area contributed by atoms with Gasteiger partial charge in [-0.25, -0.2) is 14.8 Å². The Morgan fingerprint density at radius 3 is 2.57 bits per heavy atom. The quantitative estimate of drug-likeness (QED) is 0.479. The second-order valence-corrected chi connectivity index (χ2v) is 10.8. The smallest absolute Gasteiger partial charge is 0.416 e. The van der Waals surface area contributed by atoms with Gasteiger partial charge in [0.25, 0.3) is 5.91 Å². The summed E-state index contributed by atoms with van der Waals surface area (Å²) in [6.07, 6.45) is -0.743. The predicted molar refractivity (Wildman–Crippen MR) is 150 cm³/mol. The number of ether oxygens (including phenoxy) is 1. The highest BCUT2D eigenvalue weighted by atomic mass is 19.4. The van der Waals surface area contributed by atoms with Crippen LogP contribution in [0.3, 0.4) is 0 Å². The van der Waals surface area contributed by atoms with Gasteiger partial charge in [-0.15, -0.1) is 0 Å². The highest BCUT2D eigenvalue weighted by Crippen LogP contribution is 2.36. The van der Waals surface area contributed by atoms with Crippen molar-refractivity contribution >= 4 is 23.4 Å². The lowest BCUT2D eigenvalue weighted by molar-refractivity contribution is -0.138. The monoisotopic (exact) mass is 580 g/mol. The number of amides is 3. The van der Waals surface area contributed by atoms with Gasteiger partial charge in [-0.05, 0) is 66.6 Å². The SMILES string of the molecule is COc1ccc2c(c1)CCN(C1CCN(c3cc(C(=O)N4CCc5c(cccc5C(F)(F)F)C4)ncn3)CC1)C(=O)N2. The molecule has 0 unspecified atom stereocenters. The van der Waals surface area contributed by atoms with Crippen molar-refractivity contribution in [1.82, 2.24) is 19.8 Å². The summed E-state index contributed by atoms with van der Waals surface area (Å²) in [4.78, 5) is 40.5. The minimum atomic E-state index is -4.43. The lowest BCUT2D eigenvalue weighted by Crippen LogP contribution is -2.49. The highest BCUT2D eigenvalue weighted by Gasteiger charge is 2.36. The van der Waals surface area contributed by atoms with Crippen LogP contribution in [0.2, 0.25) is 0 Å². The number of hydrogen-bond donors (Lipinski definition) is 1. The van der Waals surface area contributed by atoms with E-state index in [-0.39, 0.29) is 48.7 Å². The summed E-state index contributed by atoms with van der Waals surface area (Å²) in [5, 5.41) is 3.03. The molecule has 3 aromatic rings. The molecule has 1 N–H and O–H groups in total. The molecule has 1 fully saturated rings. The maximum absolute atomic E-state index is 13.4. The van der Waals surface area contributed by atoms with Gasteiger partial charge in [0, 0.05) is 50.5 Å². The highest BCUT2D eigenvalue weighted by molar-refractivity contribution is 5.93. The standard InChI is InChI=1S/C30H31F3N6O3/c1-42-22-5-6-25-19(15-22)7-14-39(29(41)36-25)21-8-11-37(12-9-21)27-16-26(34-18-35-27)28(40)38-13-10-23-20(17-38)3-2-4-24(23)30(31,32)33/h2-6,15-16,18,21H,7-14,17H2,1H3,(H,36,41). The number of nitrogens with one attached hydrogen (secondary N) is 1. The summed E-state index contributed by atoms with van der Waals surface area (Å²) >= 11 is 0. The molecule has 0 aliphatic carbocycles. The van der Waals surface area contributed by atoms with Crippen molar-refractivity contribution < 1.29 is 27.5 Å². The zero-order chi connectivity index (χ0) is 29.4. The summed E-state index contributed by atoms with van der Waals surface area (Å²) < 4.78 is 45.6. The van der Waals surface area contributed by atoms with Crippen LogP contribution in [0.5, 0.6) is 5.75 Å². The molecular weight excluding hydrogens is 549 g/mol. The number of rotatable bonds is 4. The molecule has 0 radical (unpaired) electrons. The molecule has 0 spiro atoms. The molecule has 6 rings (SSSR count). The minimum absolute atomic E-state index is 0.0652. The molecule has 9 nitrogen and oxygen atoms in total. The van der Waals surface area contributed by atoms with Crippen molar-refractivity contribution in [2.45, 2.75) is 44.4 Å². The third-order valence-corrected chi connectivity index (χ3v) is 8.40. The van der Waals surface area contributed by atoms with Crippen LogP contribution < -0.4 is 15.0 Å². The van der Waals surface area contributed by atoms with Crippen LogP contribution in [0, 0.1) is 0 Å². The van der Waals surface area contributed by atoms with E-state index in [4.69, 9.17) is 4.74 Å². The van der Waals surface area contributed by atoms with Crippen LogP contribution in [0.25, 0.3) is 0 Å². The van der Waals surface area contributed by atoms with Crippen molar-refractivity contribution in [2.24, 2.45) is 0 Å². The minimum Gasteiger partial charge on any atom is -0.497 e. The summed E-state index contributed by atoms with van der Waals surface area (Å²) in [5.74, 6) is 1.03. The zero-order valence-corrected chi connectivity index (χ0v) is 23.2. The molecule has 4 heterocycles. The second-order valence-electron chi connectivity index (χ2n) is 10.8. The Balaban J connectivity index is 1.09. The lowest BCUT2D eigenvalue weighted by atomic mass is 9.94. The number of urea groups is 1. The fourth-order valence-electron chi connectivity index (χ4n) is 6.16. The maximum atomic E-state index is 13.4. The molecule has 0 atom stereocenters. The van der Waals surface area contributed by atoms with Gasteiger partial charge in [0.2, 0.25) is 0 Å². The van der Waals surface area contributed by atoms with Gasteiger partial charge in [0.1, 0.15) is 23.6 Å². The Morgan fingerprint density at radius 2 is 1.81 bits per heavy atom. The average Bonchev–Trinajstić information content (AvgIpc) is 3.17. The summed E-state index contributed by atoms with van der Waals surface area (Å²) in [7, 11) is 1.62. The lowest BCUT2D eigenvalue weighted by Gasteiger charge is -2.38. The van der Waals surface area contributed by atoms with Gasteiger partial charge in [-0.2, -0.15) is 13.2 Å². The predicted octanol–water partition coefficient (Wildman–Crippen LogP) is 4.76. The molecule has 1 saturated heterocycles. The van der Waals surface area contributed by atoms with Crippen LogP contribution >= 0.6 is 0 Å². The van der Waals surface area contributed by atoms with E-state index >= 15 is 0 Å². The Hall–Kier alpha value is -4.35. The van der Waals surface area contributed by atoms with E-state index < -0.39 is 11.7 Å². The first-order chi connectivity index (χ1) is 20.2. The average molecular weight is 581 g/mol. The zero-order valence-electron chi connectivity index (χ0n) is 23.2. The topological polar surface area (TPSA) is 90.9 Å². The summed E-state index contributed by atoms with van der Waals surface area (Å²) in [6, 6.07) is 11.4. The molecule has 2 aromatic carbocycles. The first kappa shape index (κ1) is 27.8. The van der Waals surface area contributed by atoms with Crippen molar-refractivity contribution in [1.29, 1.82) is 0 Å². The third-order valence-electron chi connectivity index (χ3n) is 8.40. The molecule has 0 bridgehead atoms. The van der Waals surface area contributed by atoms with E-state index in [2.05, 4.69) is 20.2 Å². The number of methoxy groups -OCH3 is 1. The molecule has 0 saturated carbocycles. The Morgan fingerprint density at radius 1 is 1.00 bits per heavy atom. The number of aromatic nitrogens is 2. The molecule has 220 valence electrons. The normalized spacial score (nSPS) is 17.7. The van der Waals surface area contributed by atoms with Gasteiger partial charge in [0.15, 0.2) is 0 Å². The number of anilines is 2. The molecular formula is C30H31F3N6O3. The Bertz CT molecular complexity index is 1510. The van der Waals surface area contributed by atoms with Crippen LogP contribution in [0.1, 0.15) is 45.6 Å². The van der Waals surface area contributed by atoms with Crippen molar-refractivity contribution in [3.05, 3.63) is 76.7 Å². The number of fused-ring (bicyclic) bond motifs is 2. The third kappa shape index (κ3) is 5.45. The largest absolute Gasteiger partial charge is 0.497 e. The first-order valence-corrected chi connectivity index (χ1v) is 14.0. The molecule has 3 aliphatic heterocycles. The van der Waals surface area contributed by atoms with Crippen LogP contribution in [0.4, 0.5) is 29.5 Å². The number of carbonyl (C=O) groups excluding carboxylic acids is 2. The first-order valence-electron chi connectivity index (χ1n) is 14.0. The number of carbonyl (C=O) groups is 2. The molecule has 1 aromatic heterocycles. The van der Waals surface area contributed by atoms with Crippen molar-refractivity contribution in [3.63, 3.8) is 0 Å². The van der Waals surface area contributed by atoms with Crippen molar-refractivity contribution in [3.8, 4) is 5.75 Å². The van der Waals surface area contributed by atoms with Crippen LogP contribution in [-0.2, 0) is 25.6 Å². The Labute approximate surface area is 241 Å². The molecule has 3 amide bonds. The maximum Gasteiger partial charge on any atom is 0.416 e. The molecule has 12 heteroatoms. The fraction of sp³-hybridized carbons (Fsp3) is 0.400. The number of halogens is 3. The van der Waals surface area contributed by atoms with Gasteiger partial charge < -0.3 is 24.8 Å². The fourth-order valence-corrected chi connectivity index (χ4v) is 6.16. The van der Waals surface area contributed by atoms with E-state index in [0.717, 1.165) is 42.3 Å². The summed E-state index contributed by atoms with van der Waals surface area (Å²) in [6.45, 7) is 2.18. The van der Waals surface area contributed by atoms with E-state index in [1.807, 2.05) is 23.1 Å². The number of alkyl halides is 3.